The lowest BCUT2D eigenvalue weighted by Gasteiger charge is -2.37. The van der Waals surface area contributed by atoms with Crippen molar-refractivity contribution >= 4 is 17.5 Å². The Morgan fingerprint density at radius 1 is 1.45 bits per heavy atom. The number of nitrogens with one attached hydrogen (secondary N) is 1. The minimum Gasteiger partial charge on any atom is -0.349 e. The van der Waals surface area contributed by atoms with Crippen LogP contribution in [0.3, 0.4) is 0 Å². The average Bonchev–Trinajstić information content (AvgIpc) is 2.38. The van der Waals surface area contributed by atoms with E-state index < -0.39 is 0 Å². The van der Waals surface area contributed by atoms with Gasteiger partial charge in [0.15, 0.2) is 0 Å². The summed E-state index contributed by atoms with van der Waals surface area (Å²) in [6.07, 6.45) is 6.61. The quantitative estimate of drug-likeness (QED) is 0.918. The lowest BCUT2D eigenvalue weighted by Crippen LogP contribution is -2.45. The summed E-state index contributed by atoms with van der Waals surface area (Å²) < 4.78 is 0. The summed E-state index contributed by atoms with van der Waals surface area (Å²) in [5, 5.41) is 3.60. The highest BCUT2D eigenvalue weighted by atomic mass is 35.5. The van der Waals surface area contributed by atoms with Gasteiger partial charge in [-0.3, -0.25) is 9.78 Å². The monoisotopic (exact) mass is 294 g/mol. The third-order valence-electron chi connectivity index (χ3n) is 4.36. The molecule has 0 radical (unpaired) electrons. The van der Waals surface area contributed by atoms with Gasteiger partial charge in [0.25, 0.3) is 5.91 Å². The maximum absolute atomic E-state index is 12.4. The number of nitrogens with zero attached hydrogens (tertiary/aromatic N) is 1. The predicted molar refractivity (Wildman–Crippen MR) is 81.8 cm³/mol. The smallest absolute Gasteiger partial charge is 0.253 e. The van der Waals surface area contributed by atoms with Gasteiger partial charge in [0.2, 0.25) is 0 Å². The molecule has 0 aliphatic heterocycles. The van der Waals surface area contributed by atoms with E-state index in [1.165, 1.54) is 19.0 Å². The molecule has 1 aliphatic rings. The van der Waals surface area contributed by atoms with Crippen molar-refractivity contribution in [3.8, 4) is 0 Å². The average molecular weight is 295 g/mol. The largest absolute Gasteiger partial charge is 0.349 e. The summed E-state index contributed by atoms with van der Waals surface area (Å²) in [4.78, 5) is 16.3. The van der Waals surface area contributed by atoms with Crippen LogP contribution in [0.15, 0.2) is 18.5 Å². The zero-order valence-corrected chi connectivity index (χ0v) is 13.2. The number of amides is 1. The Bertz CT molecular complexity index is 475. The van der Waals surface area contributed by atoms with Crippen LogP contribution in [0.5, 0.6) is 0 Å². The molecule has 1 fully saturated rings. The van der Waals surface area contributed by atoms with Crippen LogP contribution in [0, 0.1) is 17.8 Å². The number of aromatic nitrogens is 1. The molecule has 2 rings (SSSR count). The summed E-state index contributed by atoms with van der Waals surface area (Å²) in [7, 11) is 0. The third kappa shape index (κ3) is 3.51. The SMILES string of the molecule is CC1CCC(C(C)C)C(NC(=O)c2ccncc2Cl)C1. The Balaban J connectivity index is 2.10. The molecule has 3 atom stereocenters. The molecule has 3 unspecified atom stereocenters. The second-order valence-electron chi connectivity index (χ2n) is 6.26. The third-order valence-corrected chi connectivity index (χ3v) is 4.66. The van der Waals surface area contributed by atoms with Crippen LogP contribution in [0.1, 0.15) is 50.4 Å². The summed E-state index contributed by atoms with van der Waals surface area (Å²) in [6.45, 7) is 6.73. The fourth-order valence-corrected chi connectivity index (χ4v) is 3.38. The summed E-state index contributed by atoms with van der Waals surface area (Å²) in [5.74, 6) is 1.72. The van der Waals surface area contributed by atoms with Crippen molar-refractivity contribution in [1.29, 1.82) is 0 Å². The molecule has 0 aromatic carbocycles. The van der Waals surface area contributed by atoms with E-state index in [0.29, 0.717) is 28.3 Å². The van der Waals surface area contributed by atoms with Gasteiger partial charge in [-0.15, -0.1) is 0 Å². The van der Waals surface area contributed by atoms with Gasteiger partial charge in [-0.05, 0) is 36.7 Å². The van der Waals surface area contributed by atoms with Gasteiger partial charge in [-0.1, -0.05) is 38.8 Å². The van der Waals surface area contributed by atoms with E-state index in [1.54, 1.807) is 12.3 Å². The van der Waals surface area contributed by atoms with Gasteiger partial charge in [-0.25, -0.2) is 0 Å². The van der Waals surface area contributed by atoms with Crippen LogP contribution >= 0.6 is 11.6 Å². The Morgan fingerprint density at radius 2 is 2.20 bits per heavy atom. The lowest BCUT2D eigenvalue weighted by atomic mass is 9.74. The number of hydrogen-bond acceptors (Lipinski definition) is 2. The second kappa shape index (κ2) is 6.57. The molecular formula is C16H23ClN2O. The van der Waals surface area contributed by atoms with E-state index in [9.17, 15) is 4.79 Å². The molecule has 1 saturated carbocycles. The van der Waals surface area contributed by atoms with E-state index in [1.807, 2.05) is 0 Å². The van der Waals surface area contributed by atoms with Crippen molar-refractivity contribution in [2.45, 2.75) is 46.1 Å². The number of halogens is 1. The van der Waals surface area contributed by atoms with Gasteiger partial charge in [0, 0.05) is 18.4 Å². The van der Waals surface area contributed by atoms with Crippen LogP contribution in [-0.2, 0) is 0 Å². The van der Waals surface area contributed by atoms with Crippen molar-refractivity contribution < 1.29 is 4.79 Å². The second-order valence-corrected chi connectivity index (χ2v) is 6.67. The first-order chi connectivity index (χ1) is 9.49. The molecule has 4 heteroatoms. The first kappa shape index (κ1) is 15.3. The van der Waals surface area contributed by atoms with Crippen LogP contribution in [0.25, 0.3) is 0 Å². The van der Waals surface area contributed by atoms with Gasteiger partial charge in [-0.2, -0.15) is 0 Å². The van der Waals surface area contributed by atoms with E-state index in [0.717, 1.165) is 6.42 Å². The van der Waals surface area contributed by atoms with Crippen molar-refractivity contribution in [3.63, 3.8) is 0 Å². The first-order valence-electron chi connectivity index (χ1n) is 7.39. The van der Waals surface area contributed by atoms with Gasteiger partial charge >= 0.3 is 0 Å². The number of carbonyl (C=O) groups is 1. The van der Waals surface area contributed by atoms with Crippen molar-refractivity contribution in [3.05, 3.63) is 29.0 Å². The van der Waals surface area contributed by atoms with E-state index >= 15 is 0 Å². The predicted octanol–water partition coefficient (Wildman–Crippen LogP) is 3.93. The van der Waals surface area contributed by atoms with E-state index in [4.69, 9.17) is 11.6 Å². The van der Waals surface area contributed by atoms with Crippen molar-refractivity contribution in [2.24, 2.45) is 17.8 Å². The maximum atomic E-state index is 12.4. The molecule has 1 aromatic rings. The highest BCUT2D eigenvalue weighted by molar-refractivity contribution is 6.33. The molecule has 20 heavy (non-hydrogen) atoms. The first-order valence-corrected chi connectivity index (χ1v) is 7.77. The molecule has 1 amide bonds. The molecule has 1 heterocycles. The maximum Gasteiger partial charge on any atom is 0.253 e. The van der Waals surface area contributed by atoms with Crippen molar-refractivity contribution in [2.75, 3.05) is 0 Å². The number of hydrogen-bond donors (Lipinski definition) is 1. The molecule has 0 bridgehead atoms. The molecular weight excluding hydrogens is 272 g/mol. The fourth-order valence-electron chi connectivity index (χ4n) is 3.17. The Morgan fingerprint density at radius 3 is 2.85 bits per heavy atom. The highest BCUT2D eigenvalue weighted by Gasteiger charge is 2.32. The Labute approximate surface area is 126 Å². The lowest BCUT2D eigenvalue weighted by molar-refractivity contribution is 0.0868. The normalized spacial score (nSPS) is 26.6. The fraction of sp³-hybridized carbons (Fsp3) is 0.625. The Hall–Kier alpha value is -1.09. The van der Waals surface area contributed by atoms with Crippen LogP contribution in [0.4, 0.5) is 0 Å². The molecule has 1 N–H and O–H groups in total. The van der Waals surface area contributed by atoms with Crippen LogP contribution < -0.4 is 5.32 Å². The molecule has 1 aromatic heterocycles. The summed E-state index contributed by atoms with van der Waals surface area (Å²) in [6, 6.07) is 1.92. The van der Waals surface area contributed by atoms with E-state index in [2.05, 4.69) is 31.1 Å². The standard InChI is InChI=1S/C16H23ClN2O/c1-10(2)12-5-4-11(3)8-15(12)19-16(20)13-6-7-18-9-14(13)17/h6-7,9-12,15H,4-5,8H2,1-3H3,(H,19,20). The number of pyridine rings is 1. The van der Waals surface area contributed by atoms with E-state index in [-0.39, 0.29) is 11.9 Å². The van der Waals surface area contributed by atoms with Crippen molar-refractivity contribution in [1.82, 2.24) is 10.3 Å². The molecule has 110 valence electrons. The van der Waals surface area contributed by atoms with Crippen LogP contribution in [-0.4, -0.2) is 16.9 Å². The molecule has 0 saturated heterocycles. The minimum absolute atomic E-state index is 0.0813. The zero-order chi connectivity index (χ0) is 14.7. The van der Waals surface area contributed by atoms with Crippen LogP contribution in [0.2, 0.25) is 5.02 Å². The van der Waals surface area contributed by atoms with Gasteiger partial charge in [0.05, 0.1) is 10.6 Å². The summed E-state index contributed by atoms with van der Waals surface area (Å²) >= 11 is 6.04. The Kier molecular flexibility index (Phi) is 5.03. The highest BCUT2D eigenvalue weighted by Crippen LogP contribution is 2.33. The topological polar surface area (TPSA) is 42.0 Å². The minimum atomic E-state index is -0.0813. The molecule has 0 spiro atoms. The number of rotatable bonds is 3. The molecule has 1 aliphatic carbocycles. The van der Waals surface area contributed by atoms with Gasteiger partial charge in [0.1, 0.15) is 0 Å². The van der Waals surface area contributed by atoms with Gasteiger partial charge < -0.3 is 5.32 Å². The molecule has 3 nitrogen and oxygen atoms in total. The zero-order valence-electron chi connectivity index (χ0n) is 12.4. The number of carbonyl (C=O) groups excluding carboxylic acids is 1. The summed E-state index contributed by atoms with van der Waals surface area (Å²) in [5.41, 5.74) is 0.516.